The summed E-state index contributed by atoms with van der Waals surface area (Å²) in [6.07, 6.45) is 0.373. The first-order valence-electron chi connectivity index (χ1n) is 6.65. The van der Waals surface area contributed by atoms with Crippen molar-refractivity contribution in [3.05, 3.63) is 28.2 Å². The van der Waals surface area contributed by atoms with Crippen molar-refractivity contribution in [2.24, 2.45) is 0 Å². The molecule has 2 N–H and O–H groups in total. The summed E-state index contributed by atoms with van der Waals surface area (Å²) in [7, 11) is 0. The van der Waals surface area contributed by atoms with Gasteiger partial charge in [-0.25, -0.2) is 4.79 Å². The molecule has 0 fully saturated rings. The molecule has 0 radical (unpaired) electrons. The lowest BCUT2D eigenvalue weighted by molar-refractivity contribution is -0.153. The topological polar surface area (TPSA) is 67.8 Å². The number of aliphatic hydroxyl groups excluding tert-OH is 1. The number of aliphatic hydroxyl groups is 1. The van der Waals surface area contributed by atoms with E-state index >= 15 is 0 Å². The first-order valence-corrected chi connectivity index (χ1v) is 7.41. The Morgan fingerprint density at radius 1 is 1.43 bits per heavy atom. The molecule has 1 aromatic rings. The van der Waals surface area contributed by atoms with Gasteiger partial charge in [0.25, 0.3) is 0 Å². The van der Waals surface area contributed by atoms with Crippen LogP contribution in [0.4, 0.5) is 0 Å². The van der Waals surface area contributed by atoms with E-state index in [1.807, 2.05) is 6.92 Å². The van der Waals surface area contributed by atoms with Gasteiger partial charge in [-0.1, -0.05) is 30.1 Å². The molecular weight excluding hydrogens is 317 g/mol. The minimum atomic E-state index is -0.590. The highest BCUT2D eigenvalue weighted by atomic mass is 35.5. The molecule has 21 heavy (non-hydrogen) atoms. The van der Waals surface area contributed by atoms with Gasteiger partial charge >= 0.3 is 5.97 Å². The zero-order chi connectivity index (χ0) is 15.7. The average molecular weight is 336 g/mol. The van der Waals surface area contributed by atoms with E-state index in [0.717, 1.165) is 13.0 Å². The van der Waals surface area contributed by atoms with E-state index in [1.54, 1.807) is 12.1 Å². The highest BCUT2D eigenvalue weighted by molar-refractivity contribution is 6.35. The molecule has 1 atom stereocenters. The molecule has 0 spiro atoms. The number of carbonyl (C=O) groups is 1. The molecule has 118 valence electrons. The van der Waals surface area contributed by atoms with Crippen molar-refractivity contribution in [1.29, 1.82) is 0 Å². The van der Waals surface area contributed by atoms with Crippen LogP contribution in [-0.4, -0.2) is 43.5 Å². The Labute approximate surface area is 134 Å². The number of carbonyl (C=O) groups excluding carboxylic acids is 1. The summed E-state index contributed by atoms with van der Waals surface area (Å²) >= 11 is 11.7. The first-order chi connectivity index (χ1) is 10.1. The van der Waals surface area contributed by atoms with Gasteiger partial charge in [-0.05, 0) is 31.2 Å². The van der Waals surface area contributed by atoms with Crippen molar-refractivity contribution in [3.8, 4) is 5.75 Å². The van der Waals surface area contributed by atoms with Crippen LogP contribution >= 0.6 is 23.2 Å². The third-order valence-corrected chi connectivity index (χ3v) is 3.07. The summed E-state index contributed by atoms with van der Waals surface area (Å²) in [5, 5.41) is 13.0. The Morgan fingerprint density at radius 2 is 2.19 bits per heavy atom. The molecular formula is C14H19Cl2NO4. The molecule has 0 bridgehead atoms. The Kier molecular flexibility index (Phi) is 8.45. The number of ether oxygens (including phenoxy) is 2. The van der Waals surface area contributed by atoms with E-state index in [4.69, 9.17) is 37.8 Å². The van der Waals surface area contributed by atoms with Crippen LogP contribution in [0.25, 0.3) is 0 Å². The van der Waals surface area contributed by atoms with Crippen LogP contribution in [0.15, 0.2) is 18.2 Å². The lowest BCUT2D eigenvalue weighted by Crippen LogP contribution is -2.35. The standard InChI is InChI=1S/C14H19Cl2NO4/c1-2-5-17-7-11(8-18)21-14(19)9-20-13-4-3-10(15)6-12(13)16/h3-4,6,11,17-18H,2,5,7-9H2,1H3. The van der Waals surface area contributed by atoms with Gasteiger partial charge in [0.15, 0.2) is 6.61 Å². The maximum Gasteiger partial charge on any atom is 0.344 e. The van der Waals surface area contributed by atoms with E-state index in [2.05, 4.69) is 5.32 Å². The van der Waals surface area contributed by atoms with Crippen molar-refractivity contribution in [3.63, 3.8) is 0 Å². The molecule has 1 rings (SSSR count). The van der Waals surface area contributed by atoms with Crippen LogP contribution in [0.1, 0.15) is 13.3 Å². The first kappa shape index (κ1) is 18.0. The number of benzene rings is 1. The van der Waals surface area contributed by atoms with Crippen molar-refractivity contribution in [2.45, 2.75) is 19.4 Å². The fraction of sp³-hybridized carbons (Fsp3) is 0.500. The summed E-state index contributed by atoms with van der Waals surface area (Å²) in [5.74, 6) is -0.221. The minimum absolute atomic E-state index is 0.246. The molecule has 1 aromatic carbocycles. The fourth-order valence-electron chi connectivity index (χ4n) is 1.53. The summed E-state index contributed by atoms with van der Waals surface area (Å²) in [6.45, 7) is 2.69. The quantitative estimate of drug-likeness (QED) is 0.535. The van der Waals surface area contributed by atoms with Crippen LogP contribution in [0.5, 0.6) is 5.75 Å². The molecule has 0 saturated heterocycles. The maximum atomic E-state index is 11.6. The zero-order valence-corrected chi connectivity index (χ0v) is 13.3. The summed E-state index contributed by atoms with van der Waals surface area (Å²) in [4.78, 5) is 11.6. The van der Waals surface area contributed by atoms with Crippen molar-refractivity contribution >= 4 is 29.2 Å². The predicted octanol–water partition coefficient (Wildman–Crippen LogP) is 2.28. The van der Waals surface area contributed by atoms with E-state index in [1.165, 1.54) is 6.07 Å². The smallest absolute Gasteiger partial charge is 0.344 e. The van der Waals surface area contributed by atoms with E-state index in [-0.39, 0.29) is 13.2 Å². The number of hydrogen-bond acceptors (Lipinski definition) is 5. The zero-order valence-electron chi connectivity index (χ0n) is 11.8. The molecule has 0 amide bonds. The second-order valence-corrected chi connectivity index (χ2v) is 5.21. The van der Waals surface area contributed by atoms with Crippen molar-refractivity contribution in [1.82, 2.24) is 5.32 Å². The van der Waals surface area contributed by atoms with Gasteiger partial charge < -0.3 is 19.9 Å². The second kappa shape index (κ2) is 9.84. The lowest BCUT2D eigenvalue weighted by atomic mass is 10.3. The van der Waals surface area contributed by atoms with Gasteiger partial charge in [-0.2, -0.15) is 0 Å². The molecule has 0 heterocycles. The van der Waals surface area contributed by atoms with Gasteiger partial charge in [0.2, 0.25) is 0 Å². The fourth-order valence-corrected chi connectivity index (χ4v) is 2.00. The van der Waals surface area contributed by atoms with Crippen LogP contribution in [0.2, 0.25) is 10.0 Å². The van der Waals surface area contributed by atoms with Gasteiger partial charge in [0, 0.05) is 11.6 Å². The number of hydrogen-bond donors (Lipinski definition) is 2. The Morgan fingerprint density at radius 3 is 2.81 bits per heavy atom. The number of nitrogens with one attached hydrogen (secondary N) is 1. The highest BCUT2D eigenvalue weighted by Gasteiger charge is 2.14. The molecule has 5 nitrogen and oxygen atoms in total. The van der Waals surface area contributed by atoms with Crippen LogP contribution in [-0.2, 0) is 9.53 Å². The lowest BCUT2D eigenvalue weighted by Gasteiger charge is -2.16. The monoisotopic (exact) mass is 335 g/mol. The molecule has 0 aromatic heterocycles. The largest absolute Gasteiger partial charge is 0.480 e. The summed E-state index contributed by atoms with van der Waals surface area (Å²) in [5.41, 5.74) is 0. The maximum absolute atomic E-state index is 11.6. The Bertz CT molecular complexity index is 457. The minimum Gasteiger partial charge on any atom is -0.480 e. The van der Waals surface area contributed by atoms with Gasteiger partial charge in [0.05, 0.1) is 11.6 Å². The SMILES string of the molecule is CCCNCC(CO)OC(=O)COc1ccc(Cl)cc1Cl. The molecule has 7 heteroatoms. The van der Waals surface area contributed by atoms with Crippen molar-refractivity contribution in [2.75, 3.05) is 26.3 Å². The van der Waals surface area contributed by atoms with E-state index in [9.17, 15) is 4.79 Å². The number of halogens is 2. The molecule has 1 unspecified atom stereocenters. The number of rotatable bonds is 9. The Hall–Kier alpha value is -1.01. The predicted molar refractivity (Wildman–Crippen MR) is 82.1 cm³/mol. The normalized spacial score (nSPS) is 12.0. The van der Waals surface area contributed by atoms with Crippen LogP contribution in [0.3, 0.4) is 0 Å². The number of esters is 1. The van der Waals surface area contributed by atoms with Crippen molar-refractivity contribution < 1.29 is 19.4 Å². The van der Waals surface area contributed by atoms with Gasteiger partial charge in [0.1, 0.15) is 11.9 Å². The summed E-state index contributed by atoms with van der Waals surface area (Å²) < 4.78 is 10.3. The second-order valence-electron chi connectivity index (χ2n) is 4.36. The molecule has 0 aliphatic rings. The summed E-state index contributed by atoms with van der Waals surface area (Å²) in [6, 6.07) is 4.71. The van der Waals surface area contributed by atoms with Gasteiger partial charge in [-0.15, -0.1) is 0 Å². The van der Waals surface area contributed by atoms with Crippen LogP contribution in [0, 0.1) is 0 Å². The van der Waals surface area contributed by atoms with E-state index < -0.39 is 12.1 Å². The van der Waals surface area contributed by atoms with Crippen LogP contribution < -0.4 is 10.1 Å². The molecule has 0 saturated carbocycles. The highest BCUT2D eigenvalue weighted by Crippen LogP contribution is 2.27. The average Bonchev–Trinajstić information content (AvgIpc) is 2.45. The van der Waals surface area contributed by atoms with E-state index in [0.29, 0.717) is 22.3 Å². The van der Waals surface area contributed by atoms with Gasteiger partial charge in [-0.3, -0.25) is 0 Å². The third-order valence-electron chi connectivity index (χ3n) is 2.54. The third kappa shape index (κ3) is 7.00. The molecule has 0 aliphatic carbocycles. The molecule has 0 aliphatic heterocycles. The Balaban J connectivity index is 2.38.